The van der Waals surface area contributed by atoms with E-state index in [1.54, 1.807) is 30.7 Å². The van der Waals surface area contributed by atoms with Gasteiger partial charge in [0.15, 0.2) is 0 Å². The minimum absolute atomic E-state index is 0.169. The molecule has 0 N–H and O–H groups in total. The normalized spacial score (nSPS) is 10.8. The van der Waals surface area contributed by atoms with Gasteiger partial charge in [0, 0.05) is 48.2 Å². The van der Waals surface area contributed by atoms with Crippen LogP contribution in [-0.4, -0.2) is 19.4 Å². The van der Waals surface area contributed by atoms with E-state index in [2.05, 4.69) is 15.0 Å². The number of halogens is 1. The summed E-state index contributed by atoms with van der Waals surface area (Å²) in [6.07, 6.45) is 8.90. The van der Waals surface area contributed by atoms with Crippen molar-refractivity contribution in [3.63, 3.8) is 0 Å². The molecule has 0 saturated carbocycles. The molecule has 3 heterocycles. The molecule has 0 aliphatic rings. The smallest absolute Gasteiger partial charge is 0.321 e. The minimum Gasteiger partial charge on any atom is -0.424 e. The molecule has 5 nitrogen and oxygen atoms in total. The van der Waals surface area contributed by atoms with Crippen molar-refractivity contribution < 1.29 is 9.13 Å². The number of aromatic nitrogens is 4. The van der Waals surface area contributed by atoms with Crippen LogP contribution in [0.15, 0.2) is 67.4 Å². The highest BCUT2D eigenvalue weighted by atomic mass is 19.1. The second-order valence-electron chi connectivity index (χ2n) is 4.92. The highest BCUT2D eigenvalue weighted by Gasteiger charge is 2.05. The van der Waals surface area contributed by atoms with Crippen LogP contribution in [0, 0.1) is 5.82 Å². The number of pyridine rings is 1. The molecular formula is C17H11FN4O. The summed E-state index contributed by atoms with van der Waals surface area (Å²) < 4.78 is 20.5. The zero-order chi connectivity index (χ0) is 15.6. The average Bonchev–Trinajstić information content (AvgIpc) is 3.03. The molecule has 0 unspecified atom stereocenters. The van der Waals surface area contributed by atoms with Crippen LogP contribution in [0.25, 0.3) is 16.8 Å². The minimum atomic E-state index is -0.368. The number of fused-ring (bicyclic) bond motifs is 1. The Bertz CT molecular complexity index is 966. The van der Waals surface area contributed by atoms with E-state index in [1.165, 1.54) is 12.1 Å². The summed E-state index contributed by atoms with van der Waals surface area (Å²) in [7, 11) is 0. The number of hydrogen-bond acceptors (Lipinski definition) is 4. The predicted octanol–water partition coefficient (Wildman–Crippen LogP) is 3.72. The van der Waals surface area contributed by atoms with E-state index in [0.29, 0.717) is 5.75 Å². The Morgan fingerprint density at radius 1 is 0.957 bits per heavy atom. The fourth-order valence-electron chi connectivity index (χ4n) is 2.24. The van der Waals surface area contributed by atoms with E-state index in [0.717, 1.165) is 16.8 Å². The summed E-state index contributed by atoms with van der Waals surface area (Å²) >= 11 is 0. The lowest BCUT2D eigenvalue weighted by Gasteiger charge is -2.05. The molecule has 112 valence electrons. The lowest BCUT2D eigenvalue weighted by Crippen LogP contribution is -1.93. The molecule has 0 amide bonds. The van der Waals surface area contributed by atoms with Crippen molar-refractivity contribution in [1.82, 2.24) is 19.4 Å². The molecule has 0 aliphatic heterocycles. The summed E-state index contributed by atoms with van der Waals surface area (Å²) in [5.41, 5.74) is 2.70. The predicted molar refractivity (Wildman–Crippen MR) is 82.7 cm³/mol. The van der Waals surface area contributed by atoms with Crippen LogP contribution in [0.2, 0.25) is 0 Å². The average molecular weight is 306 g/mol. The Morgan fingerprint density at radius 3 is 2.65 bits per heavy atom. The molecule has 0 spiro atoms. The number of rotatable bonds is 3. The number of imidazole rings is 1. The van der Waals surface area contributed by atoms with E-state index < -0.39 is 0 Å². The van der Waals surface area contributed by atoms with Gasteiger partial charge < -0.3 is 9.14 Å². The molecule has 4 rings (SSSR count). The van der Waals surface area contributed by atoms with Gasteiger partial charge in [-0.15, -0.1) is 0 Å². The summed E-state index contributed by atoms with van der Waals surface area (Å²) in [5.74, 6) is -0.00894. The monoisotopic (exact) mass is 306 g/mol. The SMILES string of the molecule is Fc1cccc(Oc2ncc(-c3ccc4nccn4c3)cn2)c1. The molecule has 3 aromatic heterocycles. The van der Waals surface area contributed by atoms with Crippen LogP contribution >= 0.6 is 0 Å². The zero-order valence-corrected chi connectivity index (χ0v) is 11.9. The van der Waals surface area contributed by atoms with Crippen LogP contribution in [0.4, 0.5) is 4.39 Å². The third kappa shape index (κ3) is 2.74. The quantitative estimate of drug-likeness (QED) is 0.579. The van der Waals surface area contributed by atoms with Crippen LogP contribution in [0.3, 0.4) is 0 Å². The first-order valence-corrected chi connectivity index (χ1v) is 6.96. The molecule has 1 aromatic carbocycles. The first-order valence-electron chi connectivity index (χ1n) is 6.96. The number of hydrogen-bond donors (Lipinski definition) is 0. The standard InChI is InChI=1S/C17H11FN4O/c18-14-2-1-3-15(8-14)23-17-20-9-13(10-21-17)12-4-5-16-19-6-7-22(16)11-12/h1-11H. The van der Waals surface area contributed by atoms with Gasteiger partial charge in [0.1, 0.15) is 17.2 Å². The summed E-state index contributed by atoms with van der Waals surface area (Å²) in [6, 6.07) is 9.89. The topological polar surface area (TPSA) is 52.3 Å². The van der Waals surface area contributed by atoms with Crippen molar-refractivity contribution in [2.45, 2.75) is 0 Å². The Balaban J connectivity index is 1.59. The summed E-state index contributed by atoms with van der Waals surface area (Å²) in [5, 5.41) is 0. The first kappa shape index (κ1) is 13.4. The molecule has 6 heteroatoms. The fourth-order valence-corrected chi connectivity index (χ4v) is 2.24. The van der Waals surface area contributed by atoms with Gasteiger partial charge in [-0.05, 0) is 24.3 Å². The summed E-state index contributed by atoms with van der Waals surface area (Å²) in [6.45, 7) is 0. The van der Waals surface area contributed by atoms with Gasteiger partial charge in [0.2, 0.25) is 0 Å². The van der Waals surface area contributed by atoms with Gasteiger partial charge >= 0.3 is 6.01 Å². The van der Waals surface area contributed by atoms with Gasteiger partial charge in [-0.3, -0.25) is 0 Å². The maximum absolute atomic E-state index is 13.1. The number of benzene rings is 1. The molecular weight excluding hydrogens is 295 g/mol. The summed E-state index contributed by atoms with van der Waals surface area (Å²) in [4.78, 5) is 12.5. The van der Waals surface area contributed by atoms with Crippen molar-refractivity contribution >= 4 is 5.65 Å². The Kier molecular flexibility index (Phi) is 3.20. The van der Waals surface area contributed by atoms with Gasteiger partial charge in [0.05, 0.1) is 0 Å². The largest absolute Gasteiger partial charge is 0.424 e. The molecule has 0 atom stereocenters. The van der Waals surface area contributed by atoms with E-state index in [-0.39, 0.29) is 11.8 Å². The highest BCUT2D eigenvalue weighted by Crippen LogP contribution is 2.22. The van der Waals surface area contributed by atoms with Gasteiger partial charge in [-0.1, -0.05) is 6.07 Å². The van der Waals surface area contributed by atoms with Gasteiger partial charge in [0.25, 0.3) is 0 Å². The maximum Gasteiger partial charge on any atom is 0.321 e. The Hall–Kier alpha value is -3.28. The molecule has 4 aromatic rings. The second kappa shape index (κ2) is 5.49. The number of ether oxygens (including phenoxy) is 1. The lowest BCUT2D eigenvalue weighted by atomic mass is 10.1. The van der Waals surface area contributed by atoms with Crippen LogP contribution < -0.4 is 4.74 Å². The third-order valence-electron chi connectivity index (χ3n) is 3.36. The maximum atomic E-state index is 13.1. The van der Waals surface area contributed by atoms with E-state index in [4.69, 9.17) is 4.74 Å². The van der Waals surface area contributed by atoms with E-state index in [1.807, 2.05) is 28.9 Å². The van der Waals surface area contributed by atoms with Gasteiger partial charge in [-0.25, -0.2) is 19.3 Å². The molecule has 23 heavy (non-hydrogen) atoms. The second-order valence-corrected chi connectivity index (χ2v) is 4.92. The van der Waals surface area contributed by atoms with Crippen molar-refractivity contribution in [2.24, 2.45) is 0 Å². The third-order valence-corrected chi connectivity index (χ3v) is 3.36. The van der Waals surface area contributed by atoms with Crippen LogP contribution in [-0.2, 0) is 0 Å². The van der Waals surface area contributed by atoms with Crippen molar-refractivity contribution in [3.05, 3.63) is 73.2 Å². The molecule has 0 saturated heterocycles. The Labute approximate surface area is 131 Å². The van der Waals surface area contributed by atoms with E-state index in [9.17, 15) is 4.39 Å². The molecule has 0 fully saturated rings. The van der Waals surface area contributed by atoms with E-state index >= 15 is 0 Å². The van der Waals surface area contributed by atoms with Gasteiger partial charge in [-0.2, -0.15) is 0 Å². The van der Waals surface area contributed by atoms with Crippen molar-refractivity contribution in [1.29, 1.82) is 0 Å². The zero-order valence-electron chi connectivity index (χ0n) is 11.9. The first-order chi connectivity index (χ1) is 11.3. The van der Waals surface area contributed by atoms with Crippen LogP contribution in [0.5, 0.6) is 11.8 Å². The lowest BCUT2D eigenvalue weighted by molar-refractivity contribution is 0.438. The number of nitrogens with zero attached hydrogens (tertiary/aromatic N) is 4. The van der Waals surface area contributed by atoms with Crippen molar-refractivity contribution in [3.8, 4) is 22.9 Å². The molecule has 0 radical (unpaired) electrons. The van der Waals surface area contributed by atoms with Crippen molar-refractivity contribution in [2.75, 3.05) is 0 Å². The Morgan fingerprint density at radius 2 is 1.83 bits per heavy atom. The molecule has 0 bridgehead atoms. The molecule has 0 aliphatic carbocycles. The highest BCUT2D eigenvalue weighted by molar-refractivity contribution is 5.63. The fraction of sp³-hybridized carbons (Fsp3) is 0. The van der Waals surface area contributed by atoms with Crippen LogP contribution in [0.1, 0.15) is 0 Å².